The van der Waals surface area contributed by atoms with Crippen molar-refractivity contribution in [3.8, 4) is 0 Å². The van der Waals surface area contributed by atoms with Crippen molar-refractivity contribution in [2.75, 3.05) is 24.1 Å². The molecule has 1 aliphatic rings. The molecule has 0 saturated heterocycles. The fourth-order valence-electron chi connectivity index (χ4n) is 1.78. The molecule has 19 heavy (non-hydrogen) atoms. The number of aliphatic imine (C=N–C) groups is 1. The summed E-state index contributed by atoms with van der Waals surface area (Å²) in [4.78, 5) is 4.32. The van der Waals surface area contributed by atoms with Gasteiger partial charge >= 0.3 is 0 Å². The molecule has 2 rings (SSSR count). The molecular formula is C11H15BrClN3O2S. The number of sulfonamides is 1. The average Bonchev–Trinajstić information content (AvgIpc) is 2.66. The zero-order chi connectivity index (χ0) is 13.2. The SMILES string of the molecule is CS(=O)(=O)Nc1cc(Br)cc(CC2=NCCN2)c1.Cl. The number of halogens is 2. The fourth-order valence-corrected chi connectivity index (χ4v) is 2.87. The van der Waals surface area contributed by atoms with Gasteiger partial charge < -0.3 is 5.32 Å². The second-order valence-corrected chi connectivity index (χ2v) is 6.82. The lowest BCUT2D eigenvalue weighted by molar-refractivity contribution is 0.607. The molecule has 5 nitrogen and oxygen atoms in total. The highest BCUT2D eigenvalue weighted by Crippen LogP contribution is 2.21. The monoisotopic (exact) mass is 367 g/mol. The number of benzene rings is 1. The van der Waals surface area contributed by atoms with Crippen molar-refractivity contribution >= 4 is 49.9 Å². The van der Waals surface area contributed by atoms with Crippen LogP contribution < -0.4 is 10.0 Å². The van der Waals surface area contributed by atoms with Crippen molar-refractivity contribution in [3.63, 3.8) is 0 Å². The van der Waals surface area contributed by atoms with E-state index >= 15 is 0 Å². The van der Waals surface area contributed by atoms with E-state index in [-0.39, 0.29) is 12.4 Å². The molecule has 0 aromatic heterocycles. The molecule has 0 amide bonds. The van der Waals surface area contributed by atoms with Gasteiger partial charge in [0.05, 0.1) is 12.8 Å². The molecule has 0 saturated carbocycles. The van der Waals surface area contributed by atoms with Gasteiger partial charge in [-0.1, -0.05) is 15.9 Å². The molecule has 0 atom stereocenters. The van der Waals surface area contributed by atoms with Gasteiger partial charge in [-0.25, -0.2) is 8.42 Å². The molecule has 1 aromatic rings. The van der Waals surface area contributed by atoms with Crippen LogP contribution in [0.3, 0.4) is 0 Å². The molecule has 0 radical (unpaired) electrons. The van der Waals surface area contributed by atoms with E-state index in [0.29, 0.717) is 12.1 Å². The summed E-state index contributed by atoms with van der Waals surface area (Å²) in [5.74, 6) is 0.943. The Hall–Kier alpha value is -0.790. The molecule has 0 unspecified atom stereocenters. The van der Waals surface area contributed by atoms with Crippen molar-refractivity contribution in [2.45, 2.75) is 6.42 Å². The summed E-state index contributed by atoms with van der Waals surface area (Å²) in [6.07, 6.45) is 1.81. The van der Waals surface area contributed by atoms with Gasteiger partial charge in [-0.15, -0.1) is 12.4 Å². The van der Waals surface area contributed by atoms with Gasteiger partial charge in [0.25, 0.3) is 0 Å². The third kappa shape index (κ3) is 5.38. The maximum atomic E-state index is 11.2. The lowest BCUT2D eigenvalue weighted by Gasteiger charge is -2.08. The van der Waals surface area contributed by atoms with Gasteiger partial charge in [0, 0.05) is 23.1 Å². The molecule has 0 fully saturated rings. The van der Waals surface area contributed by atoms with Crippen LogP contribution in [0.15, 0.2) is 27.7 Å². The first-order valence-electron chi connectivity index (χ1n) is 5.47. The number of rotatable bonds is 4. The molecule has 0 spiro atoms. The number of hydrogen-bond donors (Lipinski definition) is 2. The summed E-state index contributed by atoms with van der Waals surface area (Å²) in [6, 6.07) is 5.50. The molecular weight excluding hydrogens is 354 g/mol. The lowest BCUT2D eigenvalue weighted by atomic mass is 10.1. The number of amidine groups is 1. The van der Waals surface area contributed by atoms with Gasteiger partial charge in [-0.05, 0) is 23.8 Å². The second-order valence-electron chi connectivity index (χ2n) is 4.15. The third-order valence-electron chi connectivity index (χ3n) is 2.38. The third-order valence-corrected chi connectivity index (χ3v) is 3.44. The maximum absolute atomic E-state index is 11.2. The van der Waals surface area contributed by atoms with E-state index in [1.165, 1.54) is 0 Å². The van der Waals surface area contributed by atoms with Crippen molar-refractivity contribution in [1.29, 1.82) is 0 Å². The van der Waals surface area contributed by atoms with E-state index in [0.717, 1.165) is 35.2 Å². The minimum absolute atomic E-state index is 0. The predicted molar refractivity (Wildman–Crippen MR) is 83.9 cm³/mol. The number of nitrogens with one attached hydrogen (secondary N) is 2. The Balaban J connectivity index is 0.00000180. The van der Waals surface area contributed by atoms with Gasteiger partial charge in [0.1, 0.15) is 5.84 Å². The quantitative estimate of drug-likeness (QED) is 0.851. The van der Waals surface area contributed by atoms with Crippen LogP contribution in [-0.2, 0) is 16.4 Å². The largest absolute Gasteiger partial charge is 0.372 e. The number of hydrogen-bond acceptors (Lipinski definition) is 4. The Labute approximate surface area is 127 Å². The molecule has 1 aromatic carbocycles. The van der Waals surface area contributed by atoms with E-state index in [4.69, 9.17) is 0 Å². The van der Waals surface area contributed by atoms with Crippen LogP contribution in [0.4, 0.5) is 5.69 Å². The summed E-state index contributed by atoms with van der Waals surface area (Å²) < 4.78 is 25.7. The van der Waals surface area contributed by atoms with E-state index in [2.05, 4.69) is 31.0 Å². The molecule has 106 valence electrons. The fraction of sp³-hybridized carbons (Fsp3) is 0.364. The van der Waals surface area contributed by atoms with Crippen molar-refractivity contribution < 1.29 is 8.42 Å². The van der Waals surface area contributed by atoms with Crippen LogP contribution in [0.1, 0.15) is 5.56 Å². The van der Waals surface area contributed by atoms with Gasteiger partial charge in [-0.2, -0.15) is 0 Å². The molecule has 0 bridgehead atoms. The van der Waals surface area contributed by atoms with Crippen molar-refractivity contribution in [2.24, 2.45) is 4.99 Å². The standard InChI is InChI=1S/C11H14BrN3O2S.ClH/c1-18(16,17)15-10-5-8(4-9(12)7-10)6-11-13-2-3-14-11;/h4-5,7,15H,2-3,6H2,1H3,(H,13,14);1H. The van der Waals surface area contributed by atoms with Crippen LogP contribution in [-0.4, -0.2) is 33.6 Å². The molecule has 1 aliphatic heterocycles. The Kier molecular flexibility index (Phi) is 5.64. The summed E-state index contributed by atoms with van der Waals surface area (Å²) in [5.41, 5.74) is 1.56. The van der Waals surface area contributed by atoms with Gasteiger partial charge in [0.2, 0.25) is 10.0 Å². The topological polar surface area (TPSA) is 70.6 Å². The smallest absolute Gasteiger partial charge is 0.229 e. The van der Waals surface area contributed by atoms with Gasteiger partial charge in [-0.3, -0.25) is 9.71 Å². The van der Waals surface area contributed by atoms with Crippen LogP contribution in [0, 0.1) is 0 Å². The predicted octanol–water partition coefficient (Wildman–Crippen LogP) is 1.79. The van der Waals surface area contributed by atoms with Crippen LogP contribution >= 0.6 is 28.3 Å². The minimum atomic E-state index is -3.25. The molecule has 1 heterocycles. The Morgan fingerprint density at radius 2 is 2.16 bits per heavy atom. The van der Waals surface area contributed by atoms with E-state index in [1.807, 2.05) is 12.1 Å². The summed E-state index contributed by atoms with van der Waals surface area (Å²) in [5, 5.41) is 3.19. The highest BCUT2D eigenvalue weighted by atomic mass is 79.9. The summed E-state index contributed by atoms with van der Waals surface area (Å²) in [6.45, 7) is 1.68. The van der Waals surface area contributed by atoms with Crippen LogP contribution in [0.25, 0.3) is 0 Å². The summed E-state index contributed by atoms with van der Waals surface area (Å²) >= 11 is 3.37. The van der Waals surface area contributed by atoms with E-state index < -0.39 is 10.0 Å². The maximum Gasteiger partial charge on any atom is 0.229 e. The Bertz CT molecular complexity index is 590. The second kappa shape index (κ2) is 6.58. The van der Waals surface area contributed by atoms with Crippen molar-refractivity contribution in [3.05, 3.63) is 28.2 Å². The number of nitrogens with zero attached hydrogens (tertiary/aromatic N) is 1. The summed E-state index contributed by atoms with van der Waals surface area (Å²) in [7, 11) is -3.25. The zero-order valence-corrected chi connectivity index (χ0v) is 13.5. The van der Waals surface area contributed by atoms with Crippen LogP contribution in [0.2, 0.25) is 0 Å². The lowest BCUT2D eigenvalue weighted by Crippen LogP contribution is -2.20. The Morgan fingerprint density at radius 1 is 1.42 bits per heavy atom. The molecule has 2 N–H and O–H groups in total. The highest BCUT2D eigenvalue weighted by molar-refractivity contribution is 9.10. The van der Waals surface area contributed by atoms with Crippen LogP contribution in [0.5, 0.6) is 0 Å². The van der Waals surface area contributed by atoms with E-state index in [9.17, 15) is 8.42 Å². The molecule has 0 aliphatic carbocycles. The first kappa shape index (κ1) is 16.3. The Morgan fingerprint density at radius 3 is 2.74 bits per heavy atom. The molecule has 8 heteroatoms. The average molecular weight is 369 g/mol. The first-order valence-corrected chi connectivity index (χ1v) is 8.15. The first-order chi connectivity index (χ1) is 8.42. The van der Waals surface area contributed by atoms with Gasteiger partial charge in [0.15, 0.2) is 0 Å². The van der Waals surface area contributed by atoms with Crippen molar-refractivity contribution in [1.82, 2.24) is 5.32 Å². The zero-order valence-electron chi connectivity index (χ0n) is 10.3. The normalized spacial score (nSPS) is 14.3. The highest BCUT2D eigenvalue weighted by Gasteiger charge is 2.09. The number of anilines is 1. The minimum Gasteiger partial charge on any atom is -0.372 e. The van der Waals surface area contributed by atoms with E-state index in [1.54, 1.807) is 6.07 Å².